The third-order valence-corrected chi connectivity index (χ3v) is 4.45. The van der Waals surface area contributed by atoms with Crippen molar-refractivity contribution in [1.82, 2.24) is 4.31 Å². The van der Waals surface area contributed by atoms with Crippen LogP contribution in [0.4, 0.5) is 0 Å². The maximum absolute atomic E-state index is 11.4. The van der Waals surface area contributed by atoms with Crippen LogP contribution < -0.4 is 0 Å². The molecule has 4 nitrogen and oxygen atoms in total. The molecule has 13 heavy (non-hydrogen) atoms. The summed E-state index contributed by atoms with van der Waals surface area (Å²) in [7, 11) is -3.19. The second-order valence-electron chi connectivity index (χ2n) is 3.89. The number of sulfonamides is 1. The predicted molar refractivity (Wildman–Crippen MR) is 47.8 cm³/mol. The van der Waals surface area contributed by atoms with Crippen LogP contribution in [-0.4, -0.2) is 36.8 Å². The van der Waals surface area contributed by atoms with Crippen LogP contribution >= 0.6 is 0 Å². The molecular formula is C8H13NO3S. The Balaban J connectivity index is 2.35. The first-order chi connectivity index (χ1) is 5.97. The summed E-state index contributed by atoms with van der Waals surface area (Å²) in [5.74, 6) is 0.107. The van der Waals surface area contributed by atoms with Gasteiger partial charge in [-0.05, 0) is 19.3 Å². The van der Waals surface area contributed by atoms with Crippen LogP contribution in [0.1, 0.15) is 25.7 Å². The van der Waals surface area contributed by atoms with E-state index in [4.69, 9.17) is 0 Å². The molecule has 1 heterocycles. The molecule has 0 aromatic carbocycles. The zero-order chi connectivity index (χ0) is 9.69. The first kappa shape index (κ1) is 9.15. The van der Waals surface area contributed by atoms with E-state index in [1.54, 1.807) is 0 Å². The van der Waals surface area contributed by atoms with E-state index < -0.39 is 15.6 Å². The van der Waals surface area contributed by atoms with Gasteiger partial charge in [-0.15, -0.1) is 0 Å². The summed E-state index contributed by atoms with van der Waals surface area (Å²) in [6, 6.07) is 0. The highest BCUT2D eigenvalue weighted by molar-refractivity contribution is 7.88. The molecule has 0 radical (unpaired) electrons. The normalized spacial score (nSPS) is 35.3. The molecule has 0 amide bonds. The number of carbonyl (C=O) groups is 1. The topological polar surface area (TPSA) is 54.5 Å². The van der Waals surface area contributed by atoms with Gasteiger partial charge >= 0.3 is 0 Å². The molecule has 0 aromatic heterocycles. The van der Waals surface area contributed by atoms with Gasteiger partial charge in [0.1, 0.15) is 0 Å². The Labute approximate surface area is 78.0 Å². The minimum Gasteiger partial charge on any atom is -0.298 e. The average Bonchev–Trinajstić information content (AvgIpc) is 2.46. The number of hydrogen-bond donors (Lipinski definition) is 0. The van der Waals surface area contributed by atoms with E-state index in [0.717, 1.165) is 19.3 Å². The molecule has 2 fully saturated rings. The van der Waals surface area contributed by atoms with E-state index in [0.29, 0.717) is 13.0 Å². The van der Waals surface area contributed by atoms with Crippen molar-refractivity contribution in [2.75, 3.05) is 12.8 Å². The van der Waals surface area contributed by atoms with Crippen molar-refractivity contribution in [1.29, 1.82) is 0 Å². The number of ketones is 1. The van der Waals surface area contributed by atoms with Gasteiger partial charge in [0.2, 0.25) is 10.0 Å². The molecule has 2 rings (SSSR count). The van der Waals surface area contributed by atoms with Crippen LogP contribution in [0.3, 0.4) is 0 Å². The Hall–Kier alpha value is -0.420. The standard InChI is InChI=1S/C8H13NO3S/c1-13(11,12)9-6-2-4-8(9)5-3-7(8)10/h2-6H2,1H3. The summed E-state index contributed by atoms with van der Waals surface area (Å²) in [6.45, 7) is 0.518. The summed E-state index contributed by atoms with van der Waals surface area (Å²) < 4.78 is 24.1. The molecule has 2 aliphatic rings. The third kappa shape index (κ3) is 1.14. The van der Waals surface area contributed by atoms with E-state index in [1.807, 2.05) is 0 Å². The Morgan fingerprint density at radius 3 is 2.38 bits per heavy atom. The summed E-state index contributed by atoms with van der Waals surface area (Å²) in [5, 5.41) is 0. The molecule has 0 bridgehead atoms. The zero-order valence-electron chi connectivity index (χ0n) is 7.62. The van der Waals surface area contributed by atoms with Gasteiger partial charge in [-0.2, -0.15) is 4.31 Å². The Bertz CT molecular complexity index is 348. The van der Waals surface area contributed by atoms with Crippen molar-refractivity contribution in [2.45, 2.75) is 31.2 Å². The molecule has 1 atom stereocenters. The zero-order valence-corrected chi connectivity index (χ0v) is 8.43. The van der Waals surface area contributed by atoms with Crippen molar-refractivity contribution < 1.29 is 13.2 Å². The molecule has 74 valence electrons. The monoisotopic (exact) mass is 203 g/mol. The summed E-state index contributed by atoms with van der Waals surface area (Å²) in [4.78, 5) is 11.4. The Kier molecular flexibility index (Phi) is 1.79. The third-order valence-electron chi connectivity index (χ3n) is 3.11. The van der Waals surface area contributed by atoms with Gasteiger partial charge in [-0.3, -0.25) is 4.79 Å². The first-order valence-corrected chi connectivity index (χ1v) is 6.33. The fraction of sp³-hybridized carbons (Fsp3) is 0.875. The Morgan fingerprint density at radius 1 is 1.38 bits per heavy atom. The van der Waals surface area contributed by atoms with Gasteiger partial charge in [0, 0.05) is 13.0 Å². The predicted octanol–water partition coefficient (Wildman–Crippen LogP) is 0.143. The smallest absolute Gasteiger partial charge is 0.212 e. The fourth-order valence-electron chi connectivity index (χ4n) is 2.38. The Morgan fingerprint density at radius 2 is 2.08 bits per heavy atom. The molecule has 5 heteroatoms. The molecule has 0 N–H and O–H groups in total. The van der Waals surface area contributed by atoms with Crippen LogP contribution in [0.2, 0.25) is 0 Å². The lowest BCUT2D eigenvalue weighted by atomic mass is 9.74. The average molecular weight is 203 g/mol. The highest BCUT2D eigenvalue weighted by Gasteiger charge is 2.55. The van der Waals surface area contributed by atoms with Gasteiger partial charge in [0.05, 0.1) is 11.8 Å². The van der Waals surface area contributed by atoms with Gasteiger partial charge in [-0.1, -0.05) is 0 Å². The van der Waals surface area contributed by atoms with Crippen molar-refractivity contribution in [3.8, 4) is 0 Å². The molecule has 1 saturated carbocycles. The molecule has 1 unspecified atom stereocenters. The summed E-state index contributed by atoms with van der Waals surface area (Å²) in [5.41, 5.74) is -0.617. The van der Waals surface area contributed by atoms with Crippen LogP contribution in [0.5, 0.6) is 0 Å². The van der Waals surface area contributed by atoms with Crippen molar-refractivity contribution in [3.05, 3.63) is 0 Å². The molecule has 1 aliphatic carbocycles. The van der Waals surface area contributed by atoms with Crippen LogP contribution in [0.15, 0.2) is 0 Å². The quantitative estimate of drug-likeness (QED) is 0.609. The van der Waals surface area contributed by atoms with Crippen molar-refractivity contribution >= 4 is 15.8 Å². The van der Waals surface area contributed by atoms with Crippen molar-refractivity contribution in [2.24, 2.45) is 0 Å². The number of Topliss-reactive ketones (excluding diaryl/α,β-unsaturated/α-hetero) is 1. The largest absolute Gasteiger partial charge is 0.298 e. The molecular weight excluding hydrogens is 190 g/mol. The minimum absolute atomic E-state index is 0.107. The van der Waals surface area contributed by atoms with E-state index in [9.17, 15) is 13.2 Å². The van der Waals surface area contributed by atoms with Crippen LogP contribution in [0, 0.1) is 0 Å². The maximum Gasteiger partial charge on any atom is 0.212 e. The highest BCUT2D eigenvalue weighted by Crippen LogP contribution is 2.43. The van der Waals surface area contributed by atoms with Crippen LogP contribution in [-0.2, 0) is 14.8 Å². The summed E-state index contributed by atoms with van der Waals surface area (Å²) >= 11 is 0. The summed E-state index contributed by atoms with van der Waals surface area (Å²) in [6.07, 6.45) is 3.99. The number of nitrogens with zero attached hydrogens (tertiary/aromatic N) is 1. The van der Waals surface area contributed by atoms with Gasteiger partial charge < -0.3 is 0 Å². The van der Waals surface area contributed by atoms with Crippen LogP contribution in [0.25, 0.3) is 0 Å². The second kappa shape index (κ2) is 2.54. The second-order valence-corrected chi connectivity index (χ2v) is 5.80. The maximum atomic E-state index is 11.4. The molecule has 1 spiro atoms. The number of rotatable bonds is 1. The van der Waals surface area contributed by atoms with E-state index >= 15 is 0 Å². The minimum atomic E-state index is -3.19. The fourth-order valence-corrected chi connectivity index (χ4v) is 3.76. The molecule has 1 saturated heterocycles. The van der Waals surface area contributed by atoms with E-state index in [2.05, 4.69) is 0 Å². The lowest BCUT2D eigenvalue weighted by Gasteiger charge is -2.42. The molecule has 1 aliphatic heterocycles. The number of carbonyl (C=O) groups excluding carboxylic acids is 1. The van der Waals surface area contributed by atoms with Gasteiger partial charge in [0.25, 0.3) is 0 Å². The van der Waals surface area contributed by atoms with E-state index in [-0.39, 0.29) is 5.78 Å². The van der Waals surface area contributed by atoms with Gasteiger partial charge in [0.15, 0.2) is 5.78 Å². The lowest BCUT2D eigenvalue weighted by Crippen LogP contribution is -2.58. The van der Waals surface area contributed by atoms with Gasteiger partial charge in [-0.25, -0.2) is 8.42 Å². The number of hydrogen-bond acceptors (Lipinski definition) is 3. The highest BCUT2D eigenvalue weighted by atomic mass is 32.2. The lowest BCUT2D eigenvalue weighted by molar-refractivity contribution is -0.135. The van der Waals surface area contributed by atoms with Crippen molar-refractivity contribution in [3.63, 3.8) is 0 Å². The van der Waals surface area contributed by atoms with E-state index in [1.165, 1.54) is 10.6 Å². The first-order valence-electron chi connectivity index (χ1n) is 4.48. The molecule has 0 aromatic rings. The SMILES string of the molecule is CS(=O)(=O)N1CCCC12CCC2=O.